The van der Waals surface area contributed by atoms with Crippen molar-refractivity contribution in [2.75, 3.05) is 26.9 Å². The van der Waals surface area contributed by atoms with E-state index in [0.717, 1.165) is 0 Å². The first kappa shape index (κ1) is 13.9. The fourth-order valence-corrected chi connectivity index (χ4v) is 0.181. The molecule has 0 atom stereocenters. The van der Waals surface area contributed by atoms with Crippen molar-refractivity contribution < 1.29 is 30.0 Å². The van der Waals surface area contributed by atoms with Gasteiger partial charge in [-0.05, 0) is 0 Å². The van der Waals surface area contributed by atoms with Crippen molar-refractivity contribution in [3.05, 3.63) is 0 Å². The van der Waals surface area contributed by atoms with Crippen molar-refractivity contribution in [1.29, 1.82) is 0 Å². The minimum Gasteiger partial charge on any atom is -0.480 e. The second-order valence-corrected chi connectivity index (χ2v) is 1.85. The highest BCUT2D eigenvalue weighted by Crippen LogP contribution is 1.71. The first-order chi connectivity index (χ1) is 5.58. The van der Waals surface area contributed by atoms with Crippen LogP contribution in [-0.4, -0.2) is 59.4 Å². The van der Waals surface area contributed by atoms with Crippen molar-refractivity contribution in [3.63, 3.8) is 0 Å². The van der Waals surface area contributed by atoms with Gasteiger partial charge in [0.1, 0.15) is 12.7 Å². The molecule has 6 nitrogen and oxygen atoms in total. The Bertz CT molecular complexity index is 100. The molecule has 0 aromatic carbocycles. The van der Waals surface area contributed by atoms with Gasteiger partial charge in [0.2, 0.25) is 0 Å². The van der Waals surface area contributed by atoms with Crippen LogP contribution in [0.5, 0.6) is 0 Å². The molecule has 0 spiro atoms. The lowest BCUT2D eigenvalue weighted by Gasteiger charge is -1.96. The Morgan fingerprint density at radius 1 is 1.42 bits per heavy atom. The van der Waals surface area contributed by atoms with Crippen molar-refractivity contribution in [1.82, 2.24) is 0 Å². The van der Waals surface area contributed by atoms with Crippen molar-refractivity contribution in [2.45, 2.75) is 6.10 Å². The average molecular weight is 182 g/mol. The molecule has 74 valence electrons. The summed E-state index contributed by atoms with van der Waals surface area (Å²) in [4.78, 5) is 9.47. The van der Waals surface area contributed by atoms with E-state index in [9.17, 15) is 4.79 Å². The minimum absolute atomic E-state index is 0.208. The Hall–Kier alpha value is -0.690. The topological polar surface area (TPSA) is 107 Å². The lowest BCUT2D eigenvalue weighted by Crippen LogP contribution is -2.15. The van der Waals surface area contributed by atoms with Gasteiger partial charge in [0.25, 0.3) is 0 Å². The van der Waals surface area contributed by atoms with Gasteiger partial charge in [0, 0.05) is 7.11 Å². The normalized spacial score (nSPS) is 9.08. The summed E-state index contributed by atoms with van der Waals surface area (Å²) in [5.41, 5.74) is 0. The zero-order valence-electron chi connectivity index (χ0n) is 6.80. The van der Waals surface area contributed by atoms with E-state index in [1.54, 1.807) is 0 Å². The van der Waals surface area contributed by atoms with Crippen LogP contribution in [0.4, 0.5) is 0 Å². The molecule has 0 rings (SSSR count). The highest BCUT2D eigenvalue weighted by Gasteiger charge is 1.93. The first-order valence-electron chi connectivity index (χ1n) is 3.19. The summed E-state index contributed by atoms with van der Waals surface area (Å²) in [6.45, 7) is -0.938. The molecule has 0 unspecified atom stereocenters. The number of carboxylic acid groups (broad SMARTS) is 1. The van der Waals surface area contributed by atoms with Gasteiger partial charge in [0.05, 0.1) is 13.2 Å². The summed E-state index contributed by atoms with van der Waals surface area (Å²) in [6, 6.07) is 0. The molecule has 4 N–H and O–H groups in total. The summed E-state index contributed by atoms with van der Waals surface area (Å²) in [7, 11) is 1.34. The van der Waals surface area contributed by atoms with E-state index >= 15 is 0 Å². The van der Waals surface area contributed by atoms with Crippen LogP contribution in [-0.2, 0) is 9.53 Å². The van der Waals surface area contributed by atoms with E-state index in [-0.39, 0.29) is 19.8 Å². The third-order valence-corrected chi connectivity index (χ3v) is 0.689. The Balaban J connectivity index is 0. The minimum atomic E-state index is -0.954. The number of hydrogen-bond acceptors (Lipinski definition) is 5. The van der Waals surface area contributed by atoms with Gasteiger partial charge in [-0.15, -0.1) is 0 Å². The maximum atomic E-state index is 9.47. The van der Waals surface area contributed by atoms with Crippen molar-refractivity contribution in [2.24, 2.45) is 0 Å². The van der Waals surface area contributed by atoms with Gasteiger partial charge in [-0.2, -0.15) is 0 Å². The summed E-state index contributed by atoms with van der Waals surface area (Å²) in [5.74, 6) is -0.933. The number of rotatable bonds is 4. The third kappa shape index (κ3) is 16.1. The average Bonchev–Trinajstić information content (AvgIpc) is 2.04. The van der Waals surface area contributed by atoms with Crippen molar-refractivity contribution >= 4 is 5.97 Å². The Morgan fingerprint density at radius 2 is 1.83 bits per heavy atom. The Labute approximate surface area is 70.0 Å². The molecule has 12 heavy (non-hydrogen) atoms. The molecule has 0 aromatic rings. The quantitative estimate of drug-likeness (QED) is 0.402. The number of aliphatic hydroxyl groups is 3. The number of ether oxygens (including phenoxy) is 1. The van der Waals surface area contributed by atoms with E-state index in [4.69, 9.17) is 20.4 Å². The molecule has 0 fully saturated rings. The monoisotopic (exact) mass is 182 g/mol. The molecule has 0 heterocycles. The summed E-state index contributed by atoms with van der Waals surface area (Å²) in [6.07, 6.45) is -0.954. The number of aliphatic hydroxyl groups excluding tert-OH is 3. The van der Waals surface area contributed by atoms with Crippen LogP contribution in [0.2, 0.25) is 0 Å². The lowest BCUT2D eigenvalue weighted by molar-refractivity contribution is -0.141. The molecule has 0 bridgehead atoms. The van der Waals surface area contributed by atoms with Gasteiger partial charge in [-0.1, -0.05) is 0 Å². The Morgan fingerprint density at radius 3 is 1.83 bits per heavy atom. The number of aliphatic carboxylic acids is 1. The van der Waals surface area contributed by atoms with E-state index in [1.165, 1.54) is 7.11 Å². The van der Waals surface area contributed by atoms with Crippen LogP contribution in [0.15, 0.2) is 0 Å². The zero-order valence-corrected chi connectivity index (χ0v) is 6.80. The van der Waals surface area contributed by atoms with Gasteiger partial charge >= 0.3 is 5.97 Å². The smallest absolute Gasteiger partial charge is 0.329 e. The van der Waals surface area contributed by atoms with Crippen LogP contribution >= 0.6 is 0 Å². The maximum Gasteiger partial charge on any atom is 0.329 e. The molecular formula is C6H14O6. The lowest BCUT2D eigenvalue weighted by atomic mass is 10.4. The van der Waals surface area contributed by atoms with Crippen LogP contribution < -0.4 is 0 Å². The predicted molar refractivity (Wildman–Crippen MR) is 39.7 cm³/mol. The summed E-state index contributed by atoms with van der Waals surface area (Å²) < 4.78 is 4.20. The van der Waals surface area contributed by atoms with E-state index in [0.29, 0.717) is 0 Å². The largest absolute Gasteiger partial charge is 0.480 e. The van der Waals surface area contributed by atoms with Gasteiger partial charge < -0.3 is 25.2 Å². The zero-order chi connectivity index (χ0) is 9.98. The molecule has 0 aliphatic heterocycles. The number of carbonyl (C=O) groups is 1. The Kier molecular flexibility index (Phi) is 11.9. The highest BCUT2D eigenvalue weighted by molar-refractivity contribution is 5.67. The first-order valence-corrected chi connectivity index (χ1v) is 3.19. The maximum absolute atomic E-state index is 9.47. The fourth-order valence-electron chi connectivity index (χ4n) is 0.181. The summed E-state index contributed by atoms with van der Waals surface area (Å²) >= 11 is 0. The van der Waals surface area contributed by atoms with Crippen LogP contribution in [0.3, 0.4) is 0 Å². The molecule has 0 saturated heterocycles. The third-order valence-electron chi connectivity index (χ3n) is 0.689. The number of carboxylic acids is 1. The second kappa shape index (κ2) is 10.3. The SMILES string of the molecule is COCC(=O)O.OCC(O)CO. The van der Waals surface area contributed by atoms with Crippen LogP contribution in [0.1, 0.15) is 0 Å². The van der Waals surface area contributed by atoms with E-state index in [1.807, 2.05) is 0 Å². The van der Waals surface area contributed by atoms with E-state index in [2.05, 4.69) is 4.74 Å². The van der Waals surface area contributed by atoms with Crippen LogP contribution in [0.25, 0.3) is 0 Å². The van der Waals surface area contributed by atoms with Crippen LogP contribution in [0, 0.1) is 0 Å². The molecule has 0 saturated carbocycles. The number of hydrogen-bond donors (Lipinski definition) is 4. The summed E-state index contributed by atoms with van der Waals surface area (Å²) in [5, 5.41) is 31.8. The van der Waals surface area contributed by atoms with Gasteiger partial charge in [-0.25, -0.2) is 4.79 Å². The van der Waals surface area contributed by atoms with Gasteiger partial charge in [0.15, 0.2) is 0 Å². The molecule has 6 heteroatoms. The molecule has 0 aromatic heterocycles. The highest BCUT2D eigenvalue weighted by atomic mass is 16.5. The standard InChI is InChI=1S/C3H6O3.C3H8O3/c1-6-2-3(4)5;4-1-3(6)2-5/h2H2,1H3,(H,4,5);3-6H,1-2H2. The molecule has 0 amide bonds. The fraction of sp³-hybridized carbons (Fsp3) is 0.833. The van der Waals surface area contributed by atoms with E-state index < -0.39 is 12.1 Å². The van der Waals surface area contributed by atoms with Crippen molar-refractivity contribution in [3.8, 4) is 0 Å². The molecular weight excluding hydrogens is 168 g/mol. The predicted octanol–water partition coefficient (Wildman–Crippen LogP) is -1.95. The molecule has 0 radical (unpaired) electrons. The molecule has 0 aliphatic carbocycles. The van der Waals surface area contributed by atoms with Gasteiger partial charge in [-0.3, -0.25) is 0 Å². The second-order valence-electron chi connectivity index (χ2n) is 1.85. The molecule has 0 aliphatic rings. The number of methoxy groups -OCH3 is 1.